The highest BCUT2D eigenvalue weighted by atomic mass is 19.4. The Morgan fingerprint density at radius 2 is 1.89 bits per heavy atom. The van der Waals surface area contributed by atoms with Gasteiger partial charge in [0.15, 0.2) is 11.5 Å². The summed E-state index contributed by atoms with van der Waals surface area (Å²) in [5, 5.41) is 11.3. The largest absolute Gasteiger partial charge is 0.496 e. The average molecular weight is 377 g/mol. The number of hydrogen-bond acceptors (Lipinski definition) is 5. The highest BCUT2D eigenvalue weighted by Gasteiger charge is 2.38. The monoisotopic (exact) mass is 377 g/mol. The maximum absolute atomic E-state index is 13.2. The molecule has 1 aromatic carbocycles. The van der Waals surface area contributed by atoms with Gasteiger partial charge in [-0.05, 0) is 31.9 Å². The van der Waals surface area contributed by atoms with Gasteiger partial charge in [0.1, 0.15) is 5.75 Å². The van der Waals surface area contributed by atoms with E-state index in [4.69, 9.17) is 4.74 Å². The molecule has 6 nitrogen and oxygen atoms in total. The molecule has 27 heavy (non-hydrogen) atoms. The summed E-state index contributed by atoms with van der Waals surface area (Å²) in [6.45, 7) is 4.77. The number of alkyl halides is 3. The molecule has 3 aromatic rings. The summed E-state index contributed by atoms with van der Waals surface area (Å²) in [4.78, 5) is 1.99. The molecular formula is C18H18F3N5O. The zero-order valence-electron chi connectivity index (χ0n) is 15.1. The average Bonchev–Trinajstić information content (AvgIpc) is 3.08. The van der Waals surface area contributed by atoms with E-state index in [0.717, 1.165) is 33.4 Å². The maximum Gasteiger partial charge on any atom is 0.453 e. The Morgan fingerprint density at radius 1 is 1.11 bits per heavy atom. The van der Waals surface area contributed by atoms with Crippen LogP contribution in [0, 0.1) is 13.8 Å². The number of nitrogens with zero attached hydrogens (tertiary/aromatic N) is 5. The fraction of sp³-hybridized carbons (Fsp3) is 0.389. The second kappa shape index (κ2) is 6.11. The highest BCUT2D eigenvalue weighted by Crippen LogP contribution is 2.33. The van der Waals surface area contributed by atoms with Gasteiger partial charge in [-0.2, -0.15) is 17.7 Å². The van der Waals surface area contributed by atoms with Crippen molar-refractivity contribution in [3.63, 3.8) is 0 Å². The number of fused-ring (bicyclic) bond motifs is 2. The smallest absolute Gasteiger partial charge is 0.453 e. The molecule has 0 bridgehead atoms. The first kappa shape index (κ1) is 17.6. The van der Waals surface area contributed by atoms with Gasteiger partial charge in [0.05, 0.1) is 7.11 Å². The van der Waals surface area contributed by atoms with Crippen LogP contribution in [0.2, 0.25) is 0 Å². The quantitative estimate of drug-likeness (QED) is 0.686. The van der Waals surface area contributed by atoms with E-state index in [-0.39, 0.29) is 5.65 Å². The molecule has 0 radical (unpaired) electrons. The van der Waals surface area contributed by atoms with Crippen LogP contribution in [-0.4, -0.2) is 33.5 Å². The van der Waals surface area contributed by atoms with Gasteiger partial charge in [-0.25, -0.2) is 0 Å². The van der Waals surface area contributed by atoms with Crippen LogP contribution in [0.15, 0.2) is 18.2 Å². The van der Waals surface area contributed by atoms with Crippen molar-refractivity contribution >= 4 is 11.5 Å². The number of benzene rings is 1. The highest BCUT2D eigenvalue weighted by molar-refractivity contribution is 5.60. The number of aryl methyl sites for hydroxylation is 1. The summed E-state index contributed by atoms with van der Waals surface area (Å²) in [6, 6.07) is 5.84. The molecule has 0 spiro atoms. The third-order valence-electron chi connectivity index (χ3n) is 5.06. The van der Waals surface area contributed by atoms with Gasteiger partial charge in [0.2, 0.25) is 0 Å². The number of rotatable bonds is 2. The molecule has 9 heteroatoms. The first-order valence-electron chi connectivity index (χ1n) is 8.50. The van der Waals surface area contributed by atoms with Crippen LogP contribution in [0.5, 0.6) is 5.75 Å². The van der Waals surface area contributed by atoms with Gasteiger partial charge in [-0.1, -0.05) is 12.1 Å². The molecule has 4 rings (SSSR count). The molecule has 0 fully saturated rings. The van der Waals surface area contributed by atoms with Crippen LogP contribution in [0.1, 0.15) is 28.1 Å². The molecule has 142 valence electrons. The zero-order chi connectivity index (χ0) is 19.3. The van der Waals surface area contributed by atoms with Crippen molar-refractivity contribution in [3.8, 4) is 5.75 Å². The van der Waals surface area contributed by atoms with Crippen LogP contribution < -0.4 is 9.64 Å². The molecule has 0 unspecified atom stereocenters. The summed E-state index contributed by atoms with van der Waals surface area (Å²) >= 11 is 0. The Bertz CT molecular complexity index is 1030. The van der Waals surface area contributed by atoms with Crippen molar-refractivity contribution in [2.75, 3.05) is 18.6 Å². The van der Waals surface area contributed by atoms with Crippen molar-refractivity contribution in [3.05, 3.63) is 46.3 Å². The summed E-state index contributed by atoms with van der Waals surface area (Å²) in [5.74, 6) is 0.237. The number of methoxy groups -OCH3 is 1. The minimum Gasteiger partial charge on any atom is -0.496 e. The predicted molar refractivity (Wildman–Crippen MR) is 93.0 cm³/mol. The molecule has 0 N–H and O–H groups in total. The lowest BCUT2D eigenvalue weighted by molar-refractivity contribution is -0.146. The molecule has 1 aliphatic rings. The number of anilines is 1. The fourth-order valence-corrected chi connectivity index (χ4v) is 3.54. The molecule has 0 saturated carbocycles. The minimum absolute atomic E-state index is 0.127. The lowest BCUT2D eigenvalue weighted by Gasteiger charge is -2.31. The van der Waals surface area contributed by atoms with Crippen LogP contribution in [0.3, 0.4) is 0 Å². The van der Waals surface area contributed by atoms with E-state index < -0.39 is 12.0 Å². The van der Waals surface area contributed by atoms with Crippen molar-refractivity contribution < 1.29 is 17.9 Å². The van der Waals surface area contributed by atoms with Gasteiger partial charge in [-0.3, -0.25) is 0 Å². The van der Waals surface area contributed by atoms with E-state index in [0.29, 0.717) is 24.5 Å². The predicted octanol–water partition coefficient (Wildman–Crippen LogP) is 3.33. The third kappa shape index (κ3) is 2.77. The molecule has 2 aromatic heterocycles. The molecule has 0 aliphatic carbocycles. The lowest BCUT2D eigenvalue weighted by Crippen LogP contribution is -2.32. The van der Waals surface area contributed by atoms with Crippen LogP contribution in [0.25, 0.3) is 5.65 Å². The molecule has 3 heterocycles. The van der Waals surface area contributed by atoms with Gasteiger partial charge < -0.3 is 9.64 Å². The maximum atomic E-state index is 13.2. The normalized spacial score (nSPS) is 14.5. The Kier molecular flexibility index (Phi) is 3.97. The number of hydrogen-bond donors (Lipinski definition) is 0. The molecular weight excluding hydrogens is 359 g/mol. The van der Waals surface area contributed by atoms with Crippen molar-refractivity contribution in [1.82, 2.24) is 19.8 Å². The van der Waals surface area contributed by atoms with E-state index in [1.54, 1.807) is 14.0 Å². The second-order valence-electron chi connectivity index (χ2n) is 6.60. The van der Waals surface area contributed by atoms with Crippen LogP contribution in [-0.2, 0) is 19.1 Å². The van der Waals surface area contributed by atoms with Gasteiger partial charge in [-0.15, -0.1) is 15.3 Å². The van der Waals surface area contributed by atoms with Gasteiger partial charge in [0.25, 0.3) is 5.82 Å². The summed E-state index contributed by atoms with van der Waals surface area (Å²) in [5.41, 5.74) is 3.78. The van der Waals surface area contributed by atoms with Crippen molar-refractivity contribution in [2.45, 2.75) is 33.0 Å². The van der Waals surface area contributed by atoms with Crippen LogP contribution in [0.4, 0.5) is 19.0 Å². The number of aromatic nitrogens is 4. The summed E-state index contributed by atoms with van der Waals surface area (Å²) in [7, 11) is 1.63. The second-order valence-corrected chi connectivity index (χ2v) is 6.60. The summed E-state index contributed by atoms with van der Waals surface area (Å²) < 4.78 is 46.0. The molecule has 1 aliphatic heterocycles. The fourth-order valence-electron chi connectivity index (χ4n) is 3.54. The SMILES string of the molecule is COc1cccc2c1CCN(c1nn3c(C(F)(F)F)nnc3c(C)c1C)C2. The first-order valence-corrected chi connectivity index (χ1v) is 8.50. The van der Waals surface area contributed by atoms with Gasteiger partial charge in [0, 0.05) is 29.8 Å². The third-order valence-corrected chi connectivity index (χ3v) is 5.06. The minimum atomic E-state index is -4.62. The van der Waals surface area contributed by atoms with E-state index in [1.165, 1.54) is 0 Å². The number of ether oxygens (including phenoxy) is 1. The van der Waals surface area contributed by atoms with E-state index in [1.807, 2.05) is 30.0 Å². The lowest BCUT2D eigenvalue weighted by atomic mass is 9.98. The Hall–Kier alpha value is -2.84. The Labute approximate surface area is 153 Å². The molecule has 0 saturated heterocycles. The van der Waals surface area contributed by atoms with E-state index in [9.17, 15) is 13.2 Å². The van der Waals surface area contributed by atoms with Gasteiger partial charge >= 0.3 is 6.18 Å². The topological polar surface area (TPSA) is 55.5 Å². The van der Waals surface area contributed by atoms with E-state index in [2.05, 4.69) is 15.3 Å². The van der Waals surface area contributed by atoms with Crippen LogP contribution >= 0.6 is 0 Å². The molecule has 0 atom stereocenters. The molecule has 0 amide bonds. The number of halogens is 3. The Balaban J connectivity index is 1.81. The standard InChI is InChI=1S/C18H18F3N5O/c1-10-11(2)16(24-26-15(10)22-23-17(26)18(19,20)21)25-8-7-13-12(9-25)5-4-6-14(13)27-3/h4-6H,7-9H2,1-3H3. The van der Waals surface area contributed by atoms with Crippen molar-refractivity contribution in [1.29, 1.82) is 0 Å². The zero-order valence-corrected chi connectivity index (χ0v) is 15.1. The Morgan fingerprint density at radius 3 is 2.59 bits per heavy atom. The van der Waals surface area contributed by atoms with E-state index >= 15 is 0 Å². The first-order chi connectivity index (χ1) is 12.8. The summed E-state index contributed by atoms with van der Waals surface area (Å²) in [6.07, 6.45) is -3.89. The van der Waals surface area contributed by atoms with Crippen molar-refractivity contribution in [2.24, 2.45) is 0 Å².